The molecule has 5 heteroatoms. The lowest BCUT2D eigenvalue weighted by atomic mass is 9.93. The molecule has 0 atom stereocenters. The third-order valence-corrected chi connectivity index (χ3v) is 12.9. The van der Waals surface area contributed by atoms with Gasteiger partial charge in [0, 0.05) is 62.6 Å². The second kappa shape index (κ2) is 13.5. The van der Waals surface area contributed by atoms with Crippen LogP contribution in [0.25, 0.3) is 108 Å². The van der Waals surface area contributed by atoms with E-state index in [4.69, 9.17) is 15.0 Å². The second-order valence-corrected chi connectivity index (χ2v) is 16.1. The van der Waals surface area contributed by atoms with Gasteiger partial charge in [-0.25, -0.2) is 15.0 Å². The van der Waals surface area contributed by atoms with Gasteiger partial charge in [0.1, 0.15) is 0 Å². The molecule has 3 heterocycles. The first-order chi connectivity index (χ1) is 27.7. The molecule has 56 heavy (non-hydrogen) atoms. The Hall–Kier alpha value is -6.79. The van der Waals surface area contributed by atoms with Crippen LogP contribution >= 0.6 is 22.7 Å². The minimum absolute atomic E-state index is 0.647. The van der Waals surface area contributed by atoms with Crippen molar-refractivity contribution in [3.05, 3.63) is 188 Å². The van der Waals surface area contributed by atoms with Crippen molar-refractivity contribution in [2.24, 2.45) is 0 Å². The van der Waals surface area contributed by atoms with Gasteiger partial charge in [-0.1, -0.05) is 158 Å². The Morgan fingerprint density at radius 3 is 1.61 bits per heavy atom. The Labute approximate surface area is 331 Å². The zero-order valence-corrected chi connectivity index (χ0v) is 31.7. The summed E-state index contributed by atoms with van der Waals surface area (Å²) in [6, 6.07) is 66.7. The van der Waals surface area contributed by atoms with Crippen molar-refractivity contribution < 1.29 is 0 Å². The Morgan fingerprint density at radius 1 is 0.286 bits per heavy atom. The van der Waals surface area contributed by atoms with E-state index in [1.807, 2.05) is 46.9 Å². The van der Waals surface area contributed by atoms with Crippen molar-refractivity contribution in [1.82, 2.24) is 15.0 Å². The quantitative estimate of drug-likeness (QED) is 0.170. The van der Waals surface area contributed by atoms with E-state index in [0.29, 0.717) is 17.5 Å². The molecular formula is C51H31N3S2. The molecule has 262 valence electrons. The third kappa shape index (κ3) is 5.60. The van der Waals surface area contributed by atoms with Crippen LogP contribution in [0.5, 0.6) is 0 Å². The maximum atomic E-state index is 5.25. The van der Waals surface area contributed by atoms with E-state index in [2.05, 4.69) is 164 Å². The fraction of sp³-hybridized carbons (Fsp3) is 0. The van der Waals surface area contributed by atoms with Crippen LogP contribution < -0.4 is 0 Å². The van der Waals surface area contributed by atoms with Crippen LogP contribution in [0.4, 0.5) is 0 Å². The number of benzene rings is 8. The first kappa shape index (κ1) is 32.6. The van der Waals surface area contributed by atoms with Crippen LogP contribution in [0, 0.1) is 0 Å². The van der Waals surface area contributed by atoms with Crippen LogP contribution in [0.1, 0.15) is 0 Å². The van der Waals surface area contributed by atoms with E-state index in [9.17, 15) is 0 Å². The van der Waals surface area contributed by atoms with E-state index < -0.39 is 0 Å². The Kier molecular flexibility index (Phi) is 7.87. The summed E-state index contributed by atoms with van der Waals surface area (Å²) >= 11 is 3.71. The molecule has 0 fully saturated rings. The Balaban J connectivity index is 1.14. The van der Waals surface area contributed by atoms with Gasteiger partial charge in [-0.3, -0.25) is 0 Å². The minimum Gasteiger partial charge on any atom is -0.208 e. The van der Waals surface area contributed by atoms with Crippen LogP contribution in [-0.2, 0) is 0 Å². The van der Waals surface area contributed by atoms with Crippen LogP contribution in [0.15, 0.2) is 188 Å². The second-order valence-electron chi connectivity index (χ2n) is 13.9. The summed E-state index contributed by atoms with van der Waals surface area (Å²) in [6.45, 7) is 0. The number of fused-ring (bicyclic) bond motifs is 6. The van der Waals surface area contributed by atoms with Gasteiger partial charge < -0.3 is 0 Å². The standard InChI is InChI=1S/C51H31N3S2/c1-4-15-32(16-5-1)35-21-12-22-36(29-35)50-52-49(34-19-8-3-9-20-34)53-51(54-50)41-26-14-28-44-47(41)40-25-13-24-38(48(40)56-44)42-30-37(33-17-6-2-7-18-33)31-45-46(42)39-23-10-11-27-43(39)55-45/h1-31H. The average Bonchev–Trinajstić information content (AvgIpc) is 3.86. The molecule has 0 bridgehead atoms. The van der Waals surface area contributed by atoms with Crippen LogP contribution in [0.2, 0.25) is 0 Å². The molecule has 0 aliphatic rings. The summed E-state index contributed by atoms with van der Waals surface area (Å²) in [5.74, 6) is 1.96. The third-order valence-electron chi connectivity index (χ3n) is 10.5. The number of aromatic nitrogens is 3. The van der Waals surface area contributed by atoms with Gasteiger partial charge in [0.25, 0.3) is 0 Å². The Morgan fingerprint density at radius 2 is 0.821 bits per heavy atom. The zero-order valence-electron chi connectivity index (χ0n) is 30.1. The number of hydrogen-bond donors (Lipinski definition) is 0. The highest BCUT2D eigenvalue weighted by Crippen LogP contribution is 2.48. The van der Waals surface area contributed by atoms with Crippen LogP contribution in [0.3, 0.4) is 0 Å². The maximum Gasteiger partial charge on any atom is 0.164 e. The lowest BCUT2D eigenvalue weighted by molar-refractivity contribution is 1.08. The number of rotatable bonds is 6. The SMILES string of the molecule is c1ccc(-c2cccc(-c3nc(-c4ccccc4)nc(-c4cccc5sc6c(-c7cc(-c8ccccc8)cc8sc9ccccc9c78)cccc6c45)n3)c2)cc1. The molecule has 0 N–H and O–H groups in total. The van der Waals surface area contributed by atoms with E-state index in [-0.39, 0.29) is 0 Å². The molecule has 0 saturated heterocycles. The highest BCUT2D eigenvalue weighted by atomic mass is 32.1. The van der Waals surface area contributed by atoms with E-state index in [1.165, 1.54) is 57.2 Å². The van der Waals surface area contributed by atoms with Crippen molar-refractivity contribution >= 4 is 63.0 Å². The zero-order chi connectivity index (χ0) is 37.0. The van der Waals surface area contributed by atoms with Gasteiger partial charge in [-0.2, -0.15) is 0 Å². The minimum atomic E-state index is 0.647. The molecule has 0 radical (unpaired) electrons. The van der Waals surface area contributed by atoms with E-state index in [0.717, 1.165) is 33.2 Å². The molecule has 11 rings (SSSR count). The topological polar surface area (TPSA) is 38.7 Å². The molecule has 3 aromatic heterocycles. The van der Waals surface area contributed by atoms with Crippen molar-refractivity contribution in [2.75, 3.05) is 0 Å². The smallest absolute Gasteiger partial charge is 0.164 e. The predicted octanol–water partition coefficient (Wildman–Crippen LogP) is 14.6. The van der Waals surface area contributed by atoms with Gasteiger partial charge in [-0.05, 0) is 58.1 Å². The summed E-state index contributed by atoms with van der Waals surface area (Å²) in [7, 11) is 0. The van der Waals surface area contributed by atoms with E-state index in [1.54, 1.807) is 0 Å². The van der Waals surface area contributed by atoms with Crippen molar-refractivity contribution in [3.63, 3.8) is 0 Å². The first-order valence-corrected chi connectivity index (χ1v) is 20.3. The summed E-state index contributed by atoms with van der Waals surface area (Å²) in [4.78, 5) is 15.5. The fourth-order valence-corrected chi connectivity index (χ4v) is 10.3. The van der Waals surface area contributed by atoms with Gasteiger partial charge in [0.15, 0.2) is 17.5 Å². The first-order valence-electron chi connectivity index (χ1n) is 18.7. The fourth-order valence-electron chi connectivity index (χ4n) is 7.92. The molecular weight excluding hydrogens is 719 g/mol. The van der Waals surface area contributed by atoms with Gasteiger partial charge in [0.05, 0.1) is 0 Å². The average molecular weight is 750 g/mol. The van der Waals surface area contributed by atoms with Gasteiger partial charge >= 0.3 is 0 Å². The molecule has 0 aliphatic carbocycles. The predicted molar refractivity (Wildman–Crippen MR) is 238 cm³/mol. The molecule has 0 spiro atoms. The molecule has 0 amide bonds. The molecule has 11 aromatic rings. The summed E-state index contributed by atoms with van der Waals surface area (Å²) < 4.78 is 5.05. The Bertz CT molecular complexity index is 3240. The molecule has 0 aliphatic heterocycles. The molecule has 8 aromatic carbocycles. The summed E-state index contributed by atoms with van der Waals surface area (Å²) in [5, 5.41) is 4.96. The van der Waals surface area contributed by atoms with Crippen molar-refractivity contribution in [3.8, 4) is 67.5 Å². The normalized spacial score (nSPS) is 11.6. The van der Waals surface area contributed by atoms with Gasteiger partial charge in [0.2, 0.25) is 0 Å². The monoisotopic (exact) mass is 749 g/mol. The molecule has 0 unspecified atom stereocenters. The number of thiophene rings is 2. The lowest BCUT2D eigenvalue weighted by Gasteiger charge is -2.11. The highest BCUT2D eigenvalue weighted by Gasteiger charge is 2.21. The highest BCUT2D eigenvalue weighted by molar-refractivity contribution is 7.27. The lowest BCUT2D eigenvalue weighted by Crippen LogP contribution is -2.00. The van der Waals surface area contributed by atoms with E-state index >= 15 is 0 Å². The van der Waals surface area contributed by atoms with Crippen molar-refractivity contribution in [2.45, 2.75) is 0 Å². The molecule has 0 saturated carbocycles. The van der Waals surface area contributed by atoms with Crippen molar-refractivity contribution in [1.29, 1.82) is 0 Å². The van der Waals surface area contributed by atoms with Gasteiger partial charge in [-0.15, -0.1) is 22.7 Å². The maximum absolute atomic E-state index is 5.25. The summed E-state index contributed by atoms with van der Waals surface area (Å²) in [5.41, 5.74) is 10.1. The number of nitrogens with zero attached hydrogens (tertiary/aromatic N) is 3. The molecule has 3 nitrogen and oxygen atoms in total. The number of hydrogen-bond acceptors (Lipinski definition) is 5. The van der Waals surface area contributed by atoms with Crippen LogP contribution in [-0.4, -0.2) is 15.0 Å². The summed E-state index contributed by atoms with van der Waals surface area (Å²) in [6.07, 6.45) is 0. The largest absolute Gasteiger partial charge is 0.208 e.